The van der Waals surface area contributed by atoms with Crippen LogP contribution >= 0.6 is 11.6 Å². The lowest BCUT2D eigenvalue weighted by Gasteiger charge is -2.31. The number of fused-ring (bicyclic) bond motifs is 1. The summed E-state index contributed by atoms with van der Waals surface area (Å²) in [6.07, 6.45) is 0.548. The van der Waals surface area contributed by atoms with E-state index in [9.17, 15) is 4.79 Å². The zero-order chi connectivity index (χ0) is 15.3. The van der Waals surface area contributed by atoms with Crippen LogP contribution in [0.3, 0.4) is 0 Å². The fourth-order valence-electron chi connectivity index (χ4n) is 2.86. The summed E-state index contributed by atoms with van der Waals surface area (Å²) in [4.78, 5) is 13.8. The van der Waals surface area contributed by atoms with E-state index in [-0.39, 0.29) is 17.8 Å². The van der Waals surface area contributed by atoms with Crippen molar-refractivity contribution in [1.29, 1.82) is 0 Å². The quantitative estimate of drug-likeness (QED) is 0.745. The van der Waals surface area contributed by atoms with Crippen molar-refractivity contribution in [3.05, 3.63) is 34.9 Å². The Balaban J connectivity index is 1.67. The number of nitrogens with zero attached hydrogens (tertiary/aromatic N) is 1. The Morgan fingerprint density at radius 3 is 2.86 bits per heavy atom. The van der Waals surface area contributed by atoms with Crippen LogP contribution in [0.4, 0.5) is 4.79 Å². The summed E-state index contributed by atoms with van der Waals surface area (Å²) >= 11 is 6.06. The van der Waals surface area contributed by atoms with Crippen molar-refractivity contribution in [2.75, 3.05) is 13.1 Å². The minimum atomic E-state index is -0.469. The standard InChI is InChI=1S/C16H20ClNO3/c1-15(2,3)21-14(19)18-8-7-16(13(10-18)20-16)11-5-4-6-12(17)9-11/h4-6,9,13H,7-8,10H2,1-3H3. The number of carbonyl (C=O) groups excluding carboxylic acids is 1. The van der Waals surface area contributed by atoms with Crippen LogP contribution in [-0.4, -0.2) is 35.8 Å². The fourth-order valence-corrected chi connectivity index (χ4v) is 3.05. The van der Waals surface area contributed by atoms with E-state index in [4.69, 9.17) is 21.1 Å². The van der Waals surface area contributed by atoms with E-state index in [1.165, 1.54) is 0 Å². The summed E-state index contributed by atoms with van der Waals surface area (Å²) in [7, 11) is 0. The third-order valence-electron chi connectivity index (χ3n) is 3.92. The zero-order valence-electron chi connectivity index (χ0n) is 12.6. The van der Waals surface area contributed by atoms with Gasteiger partial charge in [0.2, 0.25) is 0 Å². The van der Waals surface area contributed by atoms with E-state index >= 15 is 0 Å². The highest BCUT2D eigenvalue weighted by Gasteiger charge is 2.60. The summed E-state index contributed by atoms with van der Waals surface area (Å²) in [5, 5.41) is 0.714. The largest absolute Gasteiger partial charge is 0.444 e. The van der Waals surface area contributed by atoms with Gasteiger partial charge in [-0.1, -0.05) is 23.7 Å². The average molecular weight is 310 g/mol. The van der Waals surface area contributed by atoms with Gasteiger partial charge in [-0.15, -0.1) is 0 Å². The first-order valence-electron chi connectivity index (χ1n) is 7.22. The summed E-state index contributed by atoms with van der Waals surface area (Å²) in [6, 6.07) is 7.78. The van der Waals surface area contributed by atoms with Crippen LogP contribution in [0.5, 0.6) is 0 Å². The average Bonchev–Trinajstić information content (AvgIpc) is 3.11. The van der Waals surface area contributed by atoms with E-state index in [0.29, 0.717) is 18.1 Å². The van der Waals surface area contributed by atoms with Crippen LogP contribution in [0.1, 0.15) is 32.8 Å². The molecule has 114 valence electrons. The first-order valence-corrected chi connectivity index (χ1v) is 7.60. The monoisotopic (exact) mass is 309 g/mol. The van der Waals surface area contributed by atoms with E-state index in [1.54, 1.807) is 4.90 Å². The molecule has 2 unspecified atom stereocenters. The van der Waals surface area contributed by atoms with E-state index in [0.717, 1.165) is 12.0 Å². The van der Waals surface area contributed by atoms with Gasteiger partial charge in [0.15, 0.2) is 0 Å². The van der Waals surface area contributed by atoms with Gasteiger partial charge in [-0.05, 0) is 38.5 Å². The van der Waals surface area contributed by atoms with Crippen LogP contribution in [0.2, 0.25) is 5.02 Å². The molecule has 2 fully saturated rings. The molecule has 0 radical (unpaired) electrons. The molecule has 3 rings (SSSR count). The highest BCUT2D eigenvalue weighted by atomic mass is 35.5. The number of halogens is 1. The van der Waals surface area contributed by atoms with Gasteiger partial charge in [0, 0.05) is 18.0 Å². The second-order valence-corrected chi connectivity index (χ2v) is 7.12. The first kappa shape index (κ1) is 14.7. The molecule has 0 aromatic heterocycles. The lowest BCUT2D eigenvalue weighted by molar-refractivity contribution is 0.0217. The SMILES string of the molecule is CC(C)(C)OC(=O)N1CCC2(c3cccc(Cl)c3)OC2C1. The molecule has 4 nitrogen and oxygen atoms in total. The second-order valence-electron chi connectivity index (χ2n) is 6.68. The second kappa shape index (κ2) is 4.89. The molecule has 2 aliphatic rings. The van der Waals surface area contributed by atoms with Crippen LogP contribution in [0, 0.1) is 0 Å². The Morgan fingerprint density at radius 1 is 1.48 bits per heavy atom. The van der Waals surface area contributed by atoms with Crippen LogP contribution in [-0.2, 0) is 15.1 Å². The number of epoxide rings is 1. The lowest BCUT2D eigenvalue weighted by atomic mass is 9.89. The predicted octanol–water partition coefficient (Wildman–Crippen LogP) is 3.57. The molecule has 1 aromatic rings. The number of carbonyl (C=O) groups is 1. The highest BCUT2D eigenvalue weighted by Crippen LogP contribution is 2.52. The van der Waals surface area contributed by atoms with E-state index in [1.807, 2.05) is 45.0 Å². The van der Waals surface area contributed by atoms with Crippen molar-refractivity contribution < 1.29 is 14.3 Å². The normalized spacial score (nSPS) is 28.0. The lowest BCUT2D eigenvalue weighted by Crippen LogP contribution is -2.44. The molecule has 0 N–H and O–H groups in total. The molecule has 0 bridgehead atoms. The molecule has 1 amide bonds. The summed E-state index contributed by atoms with van der Waals surface area (Å²) in [5.41, 5.74) is 0.371. The van der Waals surface area contributed by atoms with Crippen molar-refractivity contribution in [3.63, 3.8) is 0 Å². The topological polar surface area (TPSA) is 42.1 Å². The van der Waals surface area contributed by atoms with Crippen LogP contribution in [0.15, 0.2) is 24.3 Å². The van der Waals surface area contributed by atoms with Crippen molar-refractivity contribution in [1.82, 2.24) is 4.90 Å². The molecule has 2 atom stereocenters. The van der Waals surface area contributed by atoms with Crippen molar-refractivity contribution >= 4 is 17.7 Å². The Bertz CT molecular complexity index is 569. The highest BCUT2D eigenvalue weighted by molar-refractivity contribution is 6.30. The molecule has 2 saturated heterocycles. The van der Waals surface area contributed by atoms with Gasteiger partial charge in [0.1, 0.15) is 17.3 Å². The third kappa shape index (κ3) is 2.87. The van der Waals surface area contributed by atoms with Crippen molar-refractivity contribution in [2.24, 2.45) is 0 Å². The molecular weight excluding hydrogens is 290 g/mol. The van der Waals surface area contributed by atoms with E-state index < -0.39 is 5.60 Å². The zero-order valence-corrected chi connectivity index (χ0v) is 13.3. The van der Waals surface area contributed by atoms with Gasteiger partial charge in [-0.2, -0.15) is 0 Å². The Labute approximate surface area is 130 Å². The molecule has 21 heavy (non-hydrogen) atoms. The summed E-state index contributed by atoms with van der Waals surface area (Å²) in [6.45, 7) is 6.83. The molecule has 1 aromatic carbocycles. The fraction of sp³-hybridized carbons (Fsp3) is 0.562. The first-order chi connectivity index (χ1) is 9.80. The van der Waals surface area contributed by atoms with Crippen LogP contribution < -0.4 is 0 Å². The number of hydrogen-bond acceptors (Lipinski definition) is 3. The number of benzene rings is 1. The summed E-state index contributed by atoms with van der Waals surface area (Å²) < 4.78 is 11.3. The number of likely N-dealkylation sites (tertiary alicyclic amines) is 1. The molecule has 5 heteroatoms. The van der Waals surface area contributed by atoms with Crippen molar-refractivity contribution in [3.8, 4) is 0 Å². The smallest absolute Gasteiger partial charge is 0.410 e. The Kier molecular flexibility index (Phi) is 3.41. The number of piperidine rings is 1. The number of ether oxygens (including phenoxy) is 2. The maximum Gasteiger partial charge on any atom is 0.410 e. The summed E-state index contributed by atoms with van der Waals surface area (Å²) in [5.74, 6) is 0. The maximum absolute atomic E-state index is 12.1. The van der Waals surface area contributed by atoms with Gasteiger partial charge in [-0.25, -0.2) is 4.79 Å². The minimum absolute atomic E-state index is 0.0391. The third-order valence-corrected chi connectivity index (χ3v) is 4.15. The van der Waals surface area contributed by atoms with Crippen molar-refractivity contribution in [2.45, 2.75) is 44.5 Å². The molecule has 2 heterocycles. The van der Waals surface area contributed by atoms with Gasteiger partial charge >= 0.3 is 6.09 Å². The van der Waals surface area contributed by atoms with Gasteiger partial charge in [0.05, 0.1) is 6.54 Å². The van der Waals surface area contributed by atoms with Gasteiger partial charge in [0.25, 0.3) is 0 Å². The number of rotatable bonds is 1. The van der Waals surface area contributed by atoms with E-state index in [2.05, 4.69) is 0 Å². The molecular formula is C16H20ClNO3. The Morgan fingerprint density at radius 2 is 2.24 bits per heavy atom. The maximum atomic E-state index is 12.1. The molecule has 0 aliphatic carbocycles. The van der Waals surface area contributed by atoms with Crippen LogP contribution in [0.25, 0.3) is 0 Å². The molecule has 0 spiro atoms. The van der Waals surface area contributed by atoms with Gasteiger partial charge < -0.3 is 14.4 Å². The predicted molar refractivity (Wildman–Crippen MR) is 80.4 cm³/mol. The number of hydrogen-bond donors (Lipinski definition) is 0. The Hall–Kier alpha value is -1.26. The number of amides is 1. The molecule has 0 saturated carbocycles. The van der Waals surface area contributed by atoms with Gasteiger partial charge in [-0.3, -0.25) is 0 Å². The molecule has 2 aliphatic heterocycles. The minimum Gasteiger partial charge on any atom is -0.444 e.